The smallest absolute Gasteiger partial charge is 0.203 e. The molecule has 0 unspecified atom stereocenters. The van der Waals surface area contributed by atoms with Gasteiger partial charge in [0.1, 0.15) is 23.8 Å². The summed E-state index contributed by atoms with van der Waals surface area (Å²) in [4.78, 5) is 12.3. The lowest BCUT2D eigenvalue weighted by Crippen LogP contribution is -1.98. The maximum Gasteiger partial charge on any atom is 0.203 e. The molecule has 0 saturated heterocycles. The summed E-state index contributed by atoms with van der Waals surface area (Å²) >= 11 is 0. The fourth-order valence-corrected chi connectivity index (χ4v) is 2.34. The van der Waals surface area contributed by atoms with Gasteiger partial charge in [-0.05, 0) is 13.8 Å². The Balaban J connectivity index is 1.82. The van der Waals surface area contributed by atoms with Gasteiger partial charge in [-0.3, -0.25) is 5.10 Å². The molecule has 11 nitrogen and oxygen atoms in total. The second-order valence-electron chi connectivity index (χ2n) is 5.15. The number of hydrogen-bond donors (Lipinski definition) is 1. The van der Waals surface area contributed by atoms with Crippen LogP contribution in [0, 0.1) is 25.2 Å². The molecule has 0 radical (unpaired) electrons. The lowest BCUT2D eigenvalue weighted by molar-refractivity contribution is 0.793. The Morgan fingerprint density at radius 1 is 1.28 bits per heavy atom. The second kappa shape index (κ2) is 5.60. The number of fused-ring (bicyclic) bond motifs is 1. The van der Waals surface area contributed by atoms with E-state index in [-0.39, 0.29) is 11.4 Å². The van der Waals surface area contributed by atoms with Crippen molar-refractivity contribution in [3.05, 3.63) is 41.9 Å². The fraction of sp³-hybridized carbons (Fsp3) is 0.143. The van der Waals surface area contributed by atoms with Gasteiger partial charge in [0.2, 0.25) is 5.65 Å². The standard InChI is InChI=1S/C14H11N11/c1-8-12(14-19-9(2)23-25(14)22-8)20-21-13-10(5-15)6-18-24(13)11-3-4-16-7-17-11/h3-4,6-7,22H,1-2H3. The zero-order valence-electron chi connectivity index (χ0n) is 13.3. The van der Waals surface area contributed by atoms with Crippen molar-refractivity contribution in [3.8, 4) is 11.9 Å². The fourth-order valence-electron chi connectivity index (χ4n) is 2.34. The van der Waals surface area contributed by atoms with Crippen LogP contribution < -0.4 is 0 Å². The highest BCUT2D eigenvalue weighted by atomic mass is 15.5. The maximum atomic E-state index is 9.30. The van der Waals surface area contributed by atoms with Crippen LogP contribution in [0.3, 0.4) is 0 Å². The van der Waals surface area contributed by atoms with Crippen molar-refractivity contribution in [3.63, 3.8) is 0 Å². The van der Waals surface area contributed by atoms with Gasteiger partial charge in [-0.15, -0.1) is 15.3 Å². The molecule has 4 aromatic heterocycles. The van der Waals surface area contributed by atoms with Crippen LogP contribution in [0.5, 0.6) is 0 Å². The lowest BCUT2D eigenvalue weighted by Gasteiger charge is -2.01. The van der Waals surface area contributed by atoms with Crippen molar-refractivity contribution >= 4 is 17.2 Å². The van der Waals surface area contributed by atoms with Gasteiger partial charge in [0.15, 0.2) is 17.3 Å². The molecule has 11 heteroatoms. The number of hydrogen-bond acceptors (Lipinski definition) is 8. The van der Waals surface area contributed by atoms with Crippen LogP contribution in [0.25, 0.3) is 11.5 Å². The van der Waals surface area contributed by atoms with E-state index in [4.69, 9.17) is 0 Å². The van der Waals surface area contributed by atoms with Crippen LogP contribution in [0.15, 0.2) is 35.0 Å². The van der Waals surface area contributed by atoms with E-state index in [0.29, 0.717) is 23.0 Å². The maximum absolute atomic E-state index is 9.30. The Morgan fingerprint density at radius 2 is 2.16 bits per heavy atom. The highest BCUT2D eigenvalue weighted by Gasteiger charge is 2.15. The Hall–Kier alpha value is -3.94. The number of nitriles is 1. The molecule has 4 heterocycles. The molecule has 1 N–H and O–H groups in total. The number of rotatable bonds is 3. The van der Waals surface area contributed by atoms with Gasteiger partial charge < -0.3 is 0 Å². The summed E-state index contributed by atoms with van der Waals surface area (Å²) < 4.78 is 2.96. The molecule has 0 spiro atoms. The highest BCUT2D eigenvalue weighted by Crippen LogP contribution is 2.28. The molecule has 0 fully saturated rings. The van der Waals surface area contributed by atoms with Gasteiger partial charge in [0, 0.05) is 12.3 Å². The first-order valence-corrected chi connectivity index (χ1v) is 7.25. The molecule has 122 valence electrons. The van der Waals surface area contributed by atoms with E-state index in [1.54, 1.807) is 19.2 Å². The zero-order chi connectivity index (χ0) is 17.4. The Kier molecular flexibility index (Phi) is 3.28. The van der Waals surface area contributed by atoms with Crippen molar-refractivity contribution in [1.82, 2.24) is 39.6 Å². The van der Waals surface area contributed by atoms with Gasteiger partial charge >= 0.3 is 0 Å². The normalized spacial score (nSPS) is 11.4. The topological polar surface area (TPSA) is 138 Å². The van der Waals surface area contributed by atoms with Gasteiger partial charge in [0.25, 0.3) is 0 Å². The zero-order valence-corrected chi connectivity index (χ0v) is 13.3. The molecule has 25 heavy (non-hydrogen) atoms. The molecule has 0 aliphatic heterocycles. The van der Waals surface area contributed by atoms with Crippen LogP contribution in [0.2, 0.25) is 0 Å². The van der Waals surface area contributed by atoms with E-state index in [1.165, 1.54) is 21.8 Å². The van der Waals surface area contributed by atoms with Crippen LogP contribution in [-0.2, 0) is 0 Å². The van der Waals surface area contributed by atoms with Crippen LogP contribution in [-0.4, -0.2) is 39.6 Å². The second-order valence-corrected chi connectivity index (χ2v) is 5.15. The minimum absolute atomic E-state index is 0.274. The van der Waals surface area contributed by atoms with E-state index >= 15 is 0 Å². The van der Waals surface area contributed by atoms with Crippen molar-refractivity contribution < 1.29 is 0 Å². The molecule has 0 atom stereocenters. The van der Waals surface area contributed by atoms with Gasteiger partial charge in [-0.1, -0.05) is 0 Å². The SMILES string of the molecule is Cc1nc2c(N=Nc3c(C#N)cnn3-c3ccncn3)c(C)[nH]n2n1. The molecular formula is C14H11N11. The third-order valence-corrected chi connectivity index (χ3v) is 3.45. The van der Waals surface area contributed by atoms with Gasteiger partial charge in [-0.25, -0.2) is 15.0 Å². The Morgan fingerprint density at radius 3 is 2.92 bits per heavy atom. The third kappa shape index (κ3) is 2.41. The third-order valence-electron chi connectivity index (χ3n) is 3.45. The number of nitrogens with one attached hydrogen (secondary N) is 1. The summed E-state index contributed by atoms with van der Waals surface area (Å²) in [7, 11) is 0. The molecule has 0 amide bonds. The number of azo groups is 1. The number of aromatic amines is 1. The molecule has 0 saturated carbocycles. The van der Waals surface area contributed by atoms with Crippen LogP contribution >= 0.6 is 0 Å². The van der Waals surface area contributed by atoms with Crippen molar-refractivity contribution in [2.75, 3.05) is 0 Å². The van der Waals surface area contributed by atoms with E-state index < -0.39 is 0 Å². The average molecular weight is 333 g/mol. The lowest BCUT2D eigenvalue weighted by atomic mass is 10.3. The van der Waals surface area contributed by atoms with Crippen molar-refractivity contribution in [2.24, 2.45) is 10.2 Å². The summed E-state index contributed by atoms with van der Waals surface area (Å²) in [5.74, 6) is 1.38. The minimum atomic E-state index is 0.274. The number of H-pyrrole nitrogens is 1. The number of aromatic nitrogens is 8. The Bertz CT molecular complexity index is 1120. The van der Waals surface area contributed by atoms with Crippen molar-refractivity contribution in [1.29, 1.82) is 5.26 Å². The predicted octanol–water partition coefficient (Wildman–Crippen LogP) is 1.94. The molecule has 0 bridgehead atoms. The molecule has 4 aromatic rings. The van der Waals surface area contributed by atoms with Gasteiger partial charge in [-0.2, -0.15) is 19.7 Å². The summed E-state index contributed by atoms with van der Waals surface area (Å²) in [5.41, 5.74) is 2.14. The summed E-state index contributed by atoms with van der Waals surface area (Å²) in [6.45, 7) is 3.63. The van der Waals surface area contributed by atoms with E-state index in [9.17, 15) is 5.26 Å². The first-order chi connectivity index (χ1) is 12.2. The average Bonchev–Trinajstić information content (AvgIpc) is 3.26. The minimum Gasteiger partial charge on any atom is -0.278 e. The monoisotopic (exact) mass is 333 g/mol. The number of nitrogens with zero attached hydrogens (tertiary/aromatic N) is 10. The quantitative estimate of drug-likeness (QED) is 0.568. The summed E-state index contributed by atoms with van der Waals surface area (Å²) in [6.07, 6.45) is 4.38. The van der Waals surface area contributed by atoms with Gasteiger partial charge in [0.05, 0.1) is 11.9 Å². The first-order valence-electron chi connectivity index (χ1n) is 7.25. The largest absolute Gasteiger partial charge is 0.278 e. The van der Waals surface area contributed by atoms with E-state index in [2.05, 4.69) is 46.5 Å². The van der Waals surface area contributed by atoms with E-state index in [1.807, 2.05) is 6.92 Å². The summed E-state index contributed by atoms with van der Waals surface area (Å²) in [6, 6.07) is 3.71. The highest BCUT2D eigenvalue weighted by molar-refractivity contribution is 5.66. The molecule has 0 aliphatic carbocycles. The molecular weight excluding hydrogens is 322 g/mol. The van der Waals surface area contributed by atoms with E-state index in [0.717, 1.165) is 5.69 Å². The van der Waals surface area contributed by atoms with Crippen LogP contribution in [0.1, 0.15) is 17.1 Å². The first kappa shape index (κ1) is 14.6. The number of aryl methyl sites for hydroxylation is 2. The summed E-state index contributed by atoms with van der Waals surface area (Å²) in [5, 5.41) is 29.2. The van der Waals surface area contributed by atoms with Crippen LogP contribution in [0.4, 0.5) is 11.5 Å². The molecule has 4 rings (SSSR count). The Labute approximate surface area is 140 Å². The predicted molar refractivity (Wildman–Crippen MR) is 84.9 cm³/mol. The molecule has 0 aromatic carbocycles. The molecule has 0 aliphatic rings. The van der Waals surface area contributed by atoms with Crippen molar-refractivity contribution in [2.45, 2.75) is 13.8 Å².